The van der Waals surface area contributed by atoms with Crippen LogP contribution in [0.1, 0.15) is 30.1 Å². The second-order valence-corrected chi connectivity index (χ2v) is 7.54. The normalized spacial score (nSPS) is 12.8. The summed E-state index contributed by atoms with van der Waals surface area (Å²) >= 11 is 12.4. The van der Waals surface area contributed by atoms with Crippen LogP contribution in [0.25, 0.3) is 11.0 Å². The fraction of sp³-hybridized carbons (Fsp3) is 0.350. The molecule has 1 atom stereocenters. The van der Waals surface area contributed by atoms with Crippen molar-refractivity contribution in [3.8, 4) is 0 Å². The molecule has 5 heteroatoms. The molecule has 0 aliphatic rings. The number of benzene rings is 2. The quantitative estimate of drug-likeness (QED) is 0.507. The lowest BCUT2D eigenvalue weighted by molar-refractivity contribution is 0.314. The maximum atomic E-state index is 6.34. The molecule has 0 saturated heterocycles. The minimum absolute atomic E-state index is 0.131. The van der Waals surface area contributed by atoms with E-state index in [0.29, 0.717) is 5.02 Å². The number of rotatable bonds is 7. The van der Waals surface area contributed by atoms with Gasteiger partial charge in [0.15, 0.2) is 0 Å². The van der Waals surface area contributed by atoms with Gasteiger partial charge in [-0.25, -0.2) is 4.98 Å². The maximum absolute atomic E-state index is 6.34. The molecule has 0 radical (unpaired) electrons. The van der Waals surface area contributed by atoms with Gasteiger partial charge < -0.3 is 9.47 Å². The largest absolute Gasteiger partial charge is 0.327 e. The minimum atomic E-state index is -0.131. The van der Waals surface area contributed by atoms with E-state index in [2.05, 4.69) is 51.8 Å². The van der Waals surface area contributed by atoms with E-state index in [9.17, 15) is 0 Å². The van der Waals surface area contributed by atoms with Gasteiger partial charge in [-0.15, -0.1) is 11.6 Å². The summed E-state index contributed by atoms with van der Waals surface area (Å²) < 4.78 is 2.22. The van der Waals surface area contributed by atoms with Crippen molar-refractivity contribution < 1.29 is 0 Å². The van der Waals surface area contributed by atoms with E-state index >= 15 is 0 Å². The number of imidazole rings is 1. The van der Waals surface area contributed by atoms with Gasteiger partial charge in [0.1, 0.15) is 5.82 Å². The Bertz CT molecular complexity index is 828. The predicted octanol–water partition coefficient (Wildman–Crippen LogP) is 5.51. The summed E-state index contributed by atoms with van der Waals surface area (Å²) in [7, 11) is 2.16. The number of aryl methyl sites for hydroxylation is 1. The third kappa shape index (κ3) is 4.55. The van der Waals surface area contributed by atoms with Crippen LogP contribution in [-0.2, 0) is 13.1 Å². The van der Waals surface area contributed by atoms with Crippen molar-refractivity contribution in [1.82, 2.24) is 14.5 Å². The summed E-state index contributed by atoms with van der Waals surface area (Å²) in [5.74, 6) is 0.907. The highest BCUT2D eigenvalue weighted by Gasteiger charge is 2.15. The Balaban J connectivity index is 1.67. The molecule has 3 nitrogen and oxygen atoms in total. The predicted molar refractivity (Wildman–Crippen MR) is 106 cm³/mol. The van der Waals surface area contributed by atoms with Crippen LogP contribution in [0.3, 0.4) is 0 Å². The SMILES string of the molecule is CC(Cl)c1nc2cc(Cl)ccc2n1CCCN(C)Cc1ccccc1. The number of hydrogen-bond donors (Lipinski definition) is 0. The number of halogens is 2. The molecule has 2 aromatic carbocycles. The summed E-state index contributed by atoms with van der Waals surface area (Å²) in [6.45, 7) is 4.82. The second kappa shape index (κ2) is 8.22. The van der Waals surface area contributed by atoms with E-state index in [1.54, 1.807) is 0 Å². The van der Waals surface area contributed by atoms with E-state index in [1.807, 2.05) is 25.1 Å². The third-order valence-corrected chi connectivity index (χ3v) is 4.74. The van der Waals surface area contributed by atoms with Crippen LogP contribution in [-0.4, -0.2) is 28.0 Å². The van der Waals surface area contributed by atoms with Gasteiger partial charge in [0.25, 0.3) is 0 Å². The van der Waals surface area contributed by atoms with E-state index in [-0.39, 0.29) is 5.38 Å². The first kappa shape index (κ1) is 18.2. The highest BCUT2D eigenvalue weighted by atomic mass is 35.5. The fourth-order valence-corrected chi connectivity index (χ4v) is 3.47. The van der Waals surface area contributed by atoms with Gasteiger partial charge in [-0.1, -0.05) is 41.9 Å². The van der Waals surface area contributed by atoms with Crippen molar-refractivity contribution in [2.24, 2.45) is 0 Å². The first-order valence-electron chi connectivity index (χ1n) is 8.57. The number of aromatic nitrogens is 2. The highest BCUT2D eigenvalue weighted by Crippen LogP contribution is 2.26. The zero-order chi connectivity index (χ0) is 17.8. The van der Waals surface area contributed by atoms with Crippen LogP contribution in [0.5, 0.6) is 0 Å². The summed E-state index contributed by atoms with van der Waals surface area (Å²) in [6, 6.07) is 16.4. The van der Waals surface area contributed by atoms with Crippen LogP contribution < -0.4 is 0 Å². The van der Waals surface area contributed by atoms with Crippen LogP contribution in [0, 0.1) is 0 Å². The van der Waals surface area contributed by atoms with Crippen molar-refractivity contribution in [3.05, 3.63) is 64.9 Å². The Morgan fingerprint density at radius 1 is 1.16 bits per heavy atom. The monoisotopic (exact) mass is 375 g/mol. The van der Waals surface area contributed by atoms with Crippen LogP contribution in [0.15, 0.2) is 48.5 Å². The number of hydrogen-bond acceptors (Lipinski definition) is 2. The van der Waals surface area contributed by atoms with E-state index < -0.39 is 0 Å². The summed E-state index contributed by atoms with van der Waals surface area (Å²) in [6.07, 6.45) is 1.04. The van der Waals surface area contributed by atoms with Crippen molar-refractivity contribution >= 4 is 34.2 Å². The van der Waals surface area contributed by atoms with E-state index in [1.165, 1.54) is 5.56 Å². The molecule has 3 rings (SSSR count). The van der Waals surface area contributed by atoms with Crippen molar-refractivity contribution in [2.45, 2.75) is 31.8 Å². The molecule has 0 fully saturated rings. The molecule has 0 spiro atoms. The van der Waals surface area contributed by atoms with Gasteiger partial charge >= 0.3 is 0 Å². The third-order valence-electron chi connectivity index (χ3n) is 4.31. The molecule has 0 saturated carbocycles. The smallest absolute Gasteiger partial charge is 0.127 e. The average molecular weight is 376 g/mol. The van der Waals surface area contributed by atoms with Gasteiger partial charge in [-0.05, 0) is 50.7 Å². The topological polar surface area (TPSA) is 21.1 Å². The Hall–Kier alpha value is -1.55. The molecule has 1 heterocycles. The van der Waals surface area contributed by atoms with Gasteiger partial charge in [-0.3, -0.25) is 0 Å². The first-order chi connectivity index (χ1) is 12.0. The molecular formula is C20H23Cl2N3. The average Bonchev–Trinajstić information content (AvgIpc) is 2.94. The standard InChI is InChI=1S/C20H23Cl2N3/c1-15(21)20-23-18-13-17(22)9-10-19(18)25(20)12-6-11-24(2)14-16-7-4-3-5-8-16/h3-5,7-10,13,15H,6,11-12,14H2,1-2H3. The van der Waals surface area contributed by atoms with Gasteiger partial charge in [0, 0.05) is 18.1 Å². The Morgan fingerprint density at radius 2 is 1.92 bits per heavy atom. The molecular weight excluding hydrogens is 353 g/mol. The minimum Gasteiger partial charge on any atom is -0.327 e. The first-order valence-corrected chi connectivity index (χ1v) is 9.38. The zero-order valence-corrected chi connectivity index (χ0v) is 16.1. The number of nitrogens with zero attached hydrogens (tertiary/aromatic N) is 3. The lowest BCUT2D eigenvalue weighted by Crippen LogP contribution is -2.20. The van der Waals surface area contributed by atoms with Crippen molar-refractivity contribution in [3.63, 3.8) is 0 Å². The molecule has 0 aliphatic carbocycles. The molecule has 0 bridgehead atoms. The van der Waals surface area contributed by atoms with Crippen molar-refractivity contribution in [1.29, 1.82) is 0 Å². The Labute approximate surface area is 159 Å². The zero-order valence-electron chi connectivity index (χ0n) is 14.6. The van der Waals surface area contributed by atoms with Crippen LogP contribution in [0.2, 0.25) is 5.02 Å². The molecule has 1 aromatic heterocycles. The molecule has 25 heavy (non-hydrogen) atoms. The van der Waals surface area contributed by atoms with Gasteiger partial charge in [-0.2, -0.15) is 0 Å². The van der Waals surface area contributed by atoms with E-state index in [0.717, 1.165) is 42.9 Å². The fourth-order valence-electron chi connectivity index (χ4n) is 3.13. The molecule has 0 aliphatic heterocycles. The lowest BCUT2D eigenvalue weighted by atomic mass is 10.2. The van der Waals surface area contributed by atoms with E-state index in [4.69, 9.17) is 23.2 Å². The lowest BCUT2D eigenvalue weighted by Gasteiger charge is -2.18. The number of alkyl halides is 1. The Kier molecular flexibility index (Phi) is 6.00. The molecule has 3 aromatic rings. The van der Waals surface area contributed by atoms with Crippen LogP contribution in [0.4, 0.5) is 0 Å². The summed E-state index contributed by atoms with van der Waals surface area (Å²) in [5, 5.41) is 0.571. The van der Waals surface area contributed by atoms with Crippen molar-refractivity contribution in [2.75, 3.05) is 13.6 Å². The van der Waals surface area contributed by atoms with Gasteiger partial charge in [0.05, 0.1) is 16.4 Å². The molecule has 0 N–H and O–H groups in total. The number of fused-ring (bicyclic) bond motifs is 1. The molecule has 132 valence electrons. The maximum Gasteiger partial charge on any atom is 0.127 e. The highest BCUT2D eigenvalue weighted by molar-refractivity contribution is 6.31. The summed E-state index contributed by atoms with van der Waals surface area (Å²) in [4.78, 5) is 7.01. The van der Waals surface area contributed by atoms with Gasteiger partial charge in [0.2, 0.25) is 0 Å². The summed E-state index contributed by atoms with van der Waals surface area (Å²) in [5.41, 5.74) is 3.34. The molecule has 1 unspecified atom stereocenters. The molecule has 0 amide bonds. The van der Waals surface area contributed by atoms with Crippen LogP contribution >= 0.6 is 23.2 Å². The second-order valence-electron chi connectivity index (χ2n) is 6.45. The Morgan fingerprint density at radius 3 is 2.64 bits per heavy atom.